The molecule has 2 N–H and O–H groups in total. The van der Waals surface area contributed by atoms with Crippen LogP contribution in [0.1, 0.15) is 20.8 Å². The van der Waals surface area contributed by atoms with Gasteiger partial charge in [0.25, 0.3) is 0 Å². The lowest BCUT2D eigenvalue weighted by molar-refractivity contribution is 0.104. The largest absolute Gasteiger partial charge is 0.497 e. The van der Waals surface area contributed by atoms with Crippen molar-refractivity contribution < 1.29 is 14.6 Å². The molecular formula is C15H25NO3. The molecule has 0 saturated heterocycles. The number of rotatable bonds is 7. The summed E-state index contributed by atoms with van der Waals surface area (Å²) in [6, 6.07) is 7.36. The Labute approximate surface area is 115 Å². The molecule has 0 aliphatic carbocycles. The van der Waals surface area contributed by atoms with Crippen molar-refractivity contribution in [3.63, 3.8) is 0 Å². The third kappa shape index (κ3) is 7.03. The van der Waals surface area contributed by atoms with Crippen molar-refractivity contribution in [2.45, 2.75) is 26.9 Å². The van der Waals surface area contributed by atoms with E-state index in [4.69, 9.17) is 9.47 Å². The van der Waals surface area contributed by atoms with Crippen LogP contribution in [-0.4, -0.2) is 38.0 Å². The Morgan fingerprint density at radius 1 is 1.26 bits per heavy atom. The zero-order valence-corrected chi connectivity index (χ0v) is 12.3. The van der Waals surface area contributed by atoms with E-state index in [-0.39, 0.29) is 12.0 Å². The summed E-state index contributed by atoms with van der Waals surface area (Å²) in [7, 11) is 1.62. The Kier molecular flexibility index (Phi) is 6.12. The Morgan fingerprint density at radius 3 is 2.58 bits per heavy atom. The zero-order chi connectivity index (χ0) is 14.3. The van der Waals surface area contributed by atoms with Gasteiger partial charge in [0.05, 0.1) is 7.11 Å². The topological polar surface area (TPSA) is 50.7 Å². The first-order chi connectivity index (χ1) is 8.90. The van der Waals surface area contributed by atoms with Crippen LogP contribution in [0.2, 0.25) is 0 Å². The van der Waals surface area contributed by atoms with Crippen LogP contribution >= 0.6 is 0 Å². The molecule has 1 atom stereocenters. The minimum Gasteiger partial charge on any atom is -0.497 e. The minimum absolute atomic E-state index is 0.216. The first-order valence-corrected chi connectivity index (χ1v) is 6.56. The van der Waals surface area contributed by atoms with Crippen LogP contribution in [0.4, 0.5) is 0 Å². The summed E-state index contributed by atoms with van der Waals surface area (Å²) >= 11 is 0. The van der Waals surface area contributed by atoms with Gasteiger partial charge in [-0.15, -0.1) is 0 Å². The summed E-state index contributed by atoms with van der Waals surface area (Å²) in [4.78, 5) is 0. The molecule has 108 valence electrons. The number of ether oxygens (including phenoxy) is 2. The van der Waals surface area contributed by atoms with E-state index in [1.54, 1.807) is 13.2 Å². The highest BCUT2D eigenvalue weighted by atomic mass is 16.5. The predicted octanol–water partition coefficient (Wildman–Crippen LogP) is 2.07. The monoisotopic (exact) mass is 267 g/mol. The van der Waals surface area contributed by atoms with Crippen LogP contribution in [0, 0.1) is 5.41 Å². The van der Waals surface area contributed by atoms with Gasteiger partial charge < -0.3 is 19.9 Å². The molecule has 0 aliphatic rings. The van der Waals surface area contributed by atoms with Gasteiger partial charge in [-0.2, -0.15) is 0 Å². The van der Waals surface area contributed by atoms with Crippen LogP contribution in [0.3, 0.4) is 0 Å². The molecule has 1 rings (SSSR count). The summed E-state index contributed by atoms with van der Waals surface area (Å²) in [5.41, 5.74) is 0.216. The second kappa shape index (κ2) is 7.36. The molecule has 0 amide bonds. The summed E-state index contributed by atoms with van der Waals surface area (Å²) in [5.74, 6) is 1.45. The maximum absolute atomic E-state index is 9.82. The molecule has 19 heavy (non-hydrogen) atoms. The molecule has 0 aromatic heterocycles. The van der Waals surface area contributed by atoms with E-state index in [9.17, 15) is 5.11 Å². The lowest BCUT2D eigenvalue weighted by Gasteiger charge is -2.20. The van der Waals surface area contributed by atoms with Gasteiger partial charge in [0.15, 0.2) is 0 Å². The summed E-state index contributed by atoms with van der Waals surface area (Å²) < 4.78 is 10.6. The number of hydrogen-bond acceptors (Lipinski definition) is 4. The molecule has 1 unspecified atom stereocenters. The van der Waals surface area contributed by atoms with Crippen LogP contribution in [0.25, 0.3) is 0 Å². The van der Waals surface area contributed by atoms with Gasteiger partial charge in [0.1, 0.15) is 24.2 Å². The maximum atomic E-state index is 9.82. The summed E-state index contributed by atoms with van der Waals surface area (Å²) in [6.07, 6.45) is -0.520. The molecule has 4 nitrogen and oxygen atoms in total. The molecule has 0 aliphatic heterocycles. The molecule has 1 aromatic carbocycles. The fourth-order valence-corrected chi connectivity index (χ4v) is 1.56. The SMILES string of the molecule is COc1cccc(OCC(O)CNCC(C)(C)C)c1. The van der Waals surface area contributed by atoms with Gasteiger partial charge >= 0.3 is 0 Å². The van der Waals surface area contributed by atoms with E-state index in [2.05, 4.69) is 26.1 Å². The first-order valence-electron chi connectivity index (χ1n) is 6.56. The van der Waals surface area contributed by atoms with Crippen molar-refractivity contribution in [1.82, 2.24) is 5.32 Å². The van der Waals surface area contributed by atoms with Crippen LogP contribution in [0.15, 0.2) is 24.3 Å². The standard InChI is InChI=1S/C15H25NO3/c1-15(2,3)11-16-9-12(17)10-19-14-7-5-6-13(8-14)18-4/h5-8,12,16-17H,9-11H2,1-4H3. The average molecular weight is 267 g/mol. The Morgan fingerprint density at radius 2 is 1.95 bits per heavy atom. The predicted molar refractivity (Wildman–Crippen MR) is 76.8 cm³/mol. The highest BCUT2D eigenvalue weighted by Crippen LogP contribution is 2.18. The molecule has 0 radical (unpaired) electrons. The molecule has 0 spiro atoms. The fraction of sp³-hybridized carbons (Fsp3) is 0.600. The highest BCUT2D eigenvalue weighted by Gasteiger charge is 2.11. The number of aliphatic hydroxyl groups excluding tert-OH is 1. The lowest BCUT2D eigenvalue weighted by Crippen LogP contribution is -2.36. The quantitative estimate of drug-likeness (QED) is 0.794. The van der Waals surface area contributed by atoms with Crippen molar-refractivity contribution in [1.29, 1.82) is 0 Å². The van der Waals surface area contributed by atoms with Gasteiger partial charge in [-0.25, -0.2) is 0 Å². The summed E-state index contributed by atoms with van der Waals surface area (Å²) in [6.45, 7) is 8.12. The number of aliphatic hydroxyl groups is 1. The number of methoxy groups -OCH3 is 1. The van der Waals surface area contributed by atoms with Gasteiger partial charge in [-0.1, -0.05) is 26.8 Å². The third-order valence-corrected chi connectivity index (χ3v) is 2.52. The van der Waals surface area contributed by atoms with E-state index in [1.165, 1.54) is 0 Å². The number of benzene rings is 1. The number of hydrogen-bond donors (Lipinski definition) is 2. The minimum atomic E-state index is -0.520. The van der Waals surface area contributed by atoms with Gasteiger partial charge in [0.2, 0.25) is 0 Å². The van der Waals surface area contributed by atoms with E-state index in [1.807, 2.05) is 18.2 Å². The van der Waals surface area contributed by atoms with Crippen molar-refractivity contribution in [2.24, 2.45) is 5.41 Å². The van der Waals surface area contributed by atoms with Gasteiger partial charge in [-0.05, 0) is 17.5 Å². The molecule has 0 heterocycles. The Hall–Kier alpha value is -1.26. The van der Waals surface area contributed by atoms with Crippen molar-refractivity contribution in [3.05, 3.63) is 24.3 Å². The van der Waals surface area contributed by atoms with Crippen molar-refractivity contribution in [3.8, 4) is 11.5 Å². The first kappa shape index (κ1) is 15.8. The number of nitrogens with one attached hydrogen (secondary N) is 1. The lowest BCUT2D eigenvalue weighted by atomic mass is 9.97. The maximum Gasteiger partial charge on any atom is 0.123 e. The van der Waals surface area contributed by atoms with Crippen molar-refractivity contribution in [2.75, 3.05) is 26.8 Å². The second-order valence-electron chi connectivity index (χ2n) is 5.84. The van der Waals surface area contributed by atoms with Crippen LogP contribution in [-0.2, 0) is 0 Å². The smallest absolute Gasteiger partial charge is 0.123 e. The highest BCUT2D eigenvalue weighted by molar-refractivity contribution is 5.32. The Balaban J connectivity index is 2.27. The zero-order valence-electron chi connectivity index (χ0n) is 12.3. The fourth-order valence-electron chi connectivity index (χ4n) is 1.56. The molecule has 0 bridgehead atoms. The molecule has 0 saturated carbocycles. The molecule has 1 aromatic rings. The Bertz CT molecular complexity index is 374. The molecular weight excluding hydrogens is 242 g/mol. The van der Waals surface area contributed by atoms with Crippen LogP contribution < -0.4 is 14.8 Å². The van der Waals surface area contributed by atoms with Gasteiger partial charge in [0, 0.05) is 19.2 Å². The van der Waals surface area contributed by atoms with E-state index < -0.39 is 6.10 Å². The average Bonchev–Trinajstić information content (AvgIpc) is 2.35. The molecule has 0 fully saturated rings. The van der Waals surface area contributed by atoms with Crippen LogP contribution in [0.5, 0.6) is 11.5 Å². The summed E-state index contributed by atoms with van der Waals surface area (Å²) in [5, 5.41) is 13.0. The third-order valence-electron chi connectivity index (χ3n) is 2.52. The van der Waals surface area contributed by atoms with E-state index in [0.29, 0.717) is 12.3 Å². The normalized spacial score (nSPS) is 13.1. The molecule has 4 heteroatoms. The van der Waals surface area contributed by atoms with E-state index in [0.717, 1.165) is 12.3 Å². The second-order valence-corrected chi connectivity index (χ2v) is 5.84. The van der Waals surface area contributed by atoms with E-state index >= 15 is 0 Å². The van der Waals surface area contributed by atoms with Crippen molar-refractivity contribution >= 4 is 0 Å². The van der Waals surface area contributed by atoms with Gasteiger partial charge in [-0.3, -0.25) is 0 Å².